The second-order valence-electron chi connectivity index (χ2n) is 4.65. The van der Waals surface area contributed by atoms with Crippen LogP contribution in [-0.2, 0) is 0 Å². The normalized spacial score (nSPS) is 25.0. The molecule has 2 unspecified atom stereocenters. The Hall–Kier alpha value is -1.13. The minimum atomic E-state index is 0.523. The molecule has 90 valence electrons. The number of piperidine rings is 1. The van der Waals surface area contributed by atoms with Crippen molar-refractivity contribution in [2.45, 2.75) is 31.8 Å². The Labute approximate surface area is 106 Å². The summed E-state index contributed by atoms with van der Waals surface area (Å²) < 4.78 is 2.33. The third-order valence-electron chi connectivity index (χ3n) is 3.56. The molecule has 1 fully saturated rings. The van der Waals surface area contributed by atoms with Gasteiger partial charge in [0, 0.05) is 17.0 Å². The van der Waals surface area contributed by atoms with Crippen LogP contribution in [0, 0.1) is 0 Å². The van der Waals surface area contributed by atoms with Crippen LogP contribution < -0.4 is 5.32 Å². The molecule has 2 aromatic heterocycles. The predicted molar refractivity (Wildman–Crippen MR) is 71.3 cm³/mol. The molecule has 1 aliphatic heterocycles. The van der Waals surface area contributed by atoms with Crippen LogP contribution >= 0.6 is 11.3 Å². The zero-order valence-corrected chi connectivity index (χ0v) is 10.8. The molecule has 2 aromatic rings. The summed E-state index contributed by atoms with van der Waals surface area (Å²) in [6.45, 7) is 3.40. The molecular formula is C13H17N3S. The maximum atomic E-state index is 4.33. The number of thiophene rings is 1. The Morgan fingerprint density at radius 1 is 1.53 bits per heavy atom. The summed E-state index contributed by atoms with van der Waals surface area (Å²) in [5.41, 5.74) is 2.53. The first-order chi connectivity index (χ1) is 8.36. The largest absolute Gasteiger partial charge is 0.326 e. The summed E-state index contributed by atoms with van der Waals surface area (Å²) in [4.78, 5) is 4.33. The van der Waals surface area contributed by atoms with E-state index in [0.29, 0.717) is 12.1 Å². The monoisotopic (exact) mass is 247 g/mol. The fraction of sp³-hybridized carbons (Fsp3) is 0.462. The molecule has 1 aliphatic rings. The van der Waals surface area contributed by atoms with Gasteiger partial charge in [0.2, 0.25) is 0 Å². The van der Waals surface area contributed by atoms with E-state index in [4.69, 9.17) is 0 Å². The van der Waals surface area contributed by atoms with E-state index in [1.54, 1.807) is 11.3 Å². The van der Waals surface area contributed by atoms with Crippen molar-refractivity contribution in [3.05, 3.63) is 29.4 Å². The first-order valence-electron chi connectivity index (χ1n) is 6.14. The van der Waals surface area contributed by atoms with Gasteiger partial charge in [0.25, 0.3) is 0 Å². The molecule has 3 heterocycles. The van der Waals surface area contributed by atoms with E-state index < -0.39 is 0 Å². The lowest BCUT2D eigenvalue weighted by Gasteiger charge is -2.32. The standard InChI is InChI=1S/C13H17N3S/c1-10-12(3-2-5-15-10)16-9-14-7-13(16)11-4-6-17-8-11/h4,6-10,12,15H,2-3,5H2,1H3. The number of aromatic nitrogens is 2. The molecule has 3 nitrogen and oxygen atoms in total. The summed E-state index contributed by atoms with van der Waals surface area (Å²) >= 11 is 1.74. The topological polar surface area (TPSA) is 29.9 Å². The van der Waals surface area contributed by atoms with Crippen LogP contribution in [0.5, 0.6) is 0 Å². The summed E-state index contributed by atoms with van der Waals surface area (Å²) in [6.07, 6.45) is 6.43. The molecule has 0 saturated carbocycles. The molecule has 0 spiro atoms. The van der Waals surface area contributed by atoms with Crippen LogP contribution in [0.3, 0.4) is 0 Å². The fourth-order valence-electron chi connectivity index (χ4n) is 2.61. The maximum absolute atomic E-state index is 4.33. The predicted octanol–water partition coefficient (Wildman–Crippen LogP) is 2.92. The zero-order valence-electron chi connectivity index (χ0n) is 9.97. The summed E-state index contributed by atoms with van der Waals surface area (Å²) in [5.74, 6) is 0. The van der Waals surface area contributed by atoms with Gasteiger partial charge in [-0.3, -0.25) is 0 Å². The molecule has 1 saturated heterocycles. The van der Waals surface area contributed by atoms with Crippen LogP contribution in [0.4, 0.5) is 0 Å². The number of imidazole rings is 1. The van der Waals surface area contributed by atoms with Crippen LogP contribution in [-0.4, -0.2) is 22.1 Å². The second kappa shape index (κ2) is 4.63. The second-order valence-corrected chi connectivity index (χ2v) is 5.43. The maximum Gasteiger partial charge on any atom is 0.0954 e. The van der Waals surface area contributed by atoms with Gasteiger partial charge in [-0.25, -0.2) is 4.98 Å². The van der Waals surface area contributed by atoms with E-state index in [9.17, 15) is 0 Å². The van der Waals surface area contributed by atoms with E-state index in [1.165, 1.54) is 24.1 Å². The highest BCUT2D eigenvalue weighted by Gasteiger charge is 2.24. The van der Waals surface area contributed by atoms with Gasteiger partial charge in [-0.05, 0) is 37.8 Å². The highest BCUT2D eigenvalue weighted by atomic mass is 32.1. The van der Waals surface area contributed by atoms with Gasteiger partial charge in [-0.15, -0.1) is 0 Å². The zero-order chi connectivity index (χ0) is 11.7. The molecule has 4 heteroatoms. The lowest BCUT2D eigenvalue weighted by molar-refractivity contribution is 0.297. The van der Waals surface area contributed by atoms with Crippen molar-refractivity contribution in [1.82, 2.24) is 14.9 Å². The van der Waals surface area contributed by atoms with Gasteiger partial charge in [-0.1, -0.05) is 0 Å². The van der Waals surface area contributed by atoms with E-state index in [-0.39, 0.29) is 0 Å². The van der Waals surface area contributed by atoms with Gasteiger partial charge < -0.3 is 9.88 Å². The number of nitrogens with one attached hydrogen (secondary N) is 1. The quantitative estimate of drug-likeness (QED) is 0.884. The van der Waals surface area contributed by atoms with Gasteiger partial charge in [0.1, 0.15) is 0 Å². The molecule has 17 heavy (non-hydrogen) atoms. The summed E-state index contributed by atoms with van der Waals surface area (Å²) in [6, 6.07) is 3.22. The average Bonchev–Trinajstić information content (AvgIpc) is 3.00. The third-order valence-corrected chi connectivity index (χ3v) is 4.24. The molecule has 0 bridgehead atoms. The number of rotatable bonds is 2. The number of hydrogen-bond donors (Lipinski definition) is 1. The van der Waals surface area contributed by atoms with Crippen molar-refractivity contribution >= 4 is 11.3 Å². The highest BCUT2D eigenvalue weighted by molar-refractivity contribution is 7.08. The first-order valence-corrected chi connectivity index (χ1v) is 7.08. The lowest BCUT2D eigenvalue weighted by atomic mass is 9.99. The summed E-state index contributed by atoms with van der Waals surface area (Å²) in [7, 11) is 0. The van der Waals surface area contributed by atoms with Crippen molar-refractivity contribution in [1.29, 1.82) is 0 Å². The lowest BCUT2D eigenvalue weighted by Crippen LogP contribution is -2.40. The van der Waals surface area contributed by atoms with E-state index in [0.717, 1.165) is 6.54 Å². The van der Waals surface area contributed by atoms with Crippen LogP contribution in [0.2, 0.25) is 0 Å². The first kappa shape index (κ1) is 11.0. The van der Waals surface area contributed by atoms with Crippen LogP contribution in [0.15, 0.2) is 29.4 Å². The van der Waals surface area contributed by atoms with Crippen molar-refractivity contribution in [2.75, 3.05) is 6.54 Å². The fourth-order valence-corrected chi connectivity index (χ4v) is 3.26. The van der Waals surface area contributed by atoms with Crippen LogP contribution in [0.1, 0.15) is 25.8 Å². The molecular weight excluding hydrogens is 230 g/mol. The van der Waals surface area contributed by atoms with E-state index in [1.807, 2.05) is 12.5 Å². The minimum absolute atomic E-state index is 0.523. The highest BCUT2D eigenvalue weighted by Crippen LogP contribution is 2.29. The Balaban J connectivity index is 1.95. The Bertz CT molecular complexity index is 475. The number of nitrogens with zero attached hydrogens (tertiary/aromatic N) is 2. The van der Waals surface area contributed by atoms with Crippen molar-refractivity contribution in [3.63, 3.8) is 0 Å². The van der Waals surface area contributed by atoms with E-state index in [2.05, 4.69) is 38.6 Å². The van der Waals surface area contributed by atoms with Crippen LogP contribution in [0.25, 0.3) is 11.3 Å². The third kappa shape index (κ3) is 2.03. The SMILES string of the molecule is CC1NCCCC1n1cncc1-c1ccsc1. The van der Waals surface area contributed by atoms with Crippen molar-refractivity contribution < 1.29 is 0 Å². The average molecular weight is 247 g/mol. The number of hydrogen-bond acceptors (Lipinski definition) is 3. The Morgan fingerprint density at radius 3 is 3.24 bits per heavy atom. The minimum Gasteiger partial charge on any atom is -0.326 e. The van der Waals surface area contributed by atoms with Gasteiger partial charge in [-0.2, -0.15) is 11.3 Å². The van der Waals surface area contributed by atoms with Gasteiger partial charge in [0.05, 0.1) is 24.3 Å². The molecule has 0 radical (unpaired) electrons. The molecule has 2 atom stereocenters. The van der Waals surface area contributed by atoms with Gasteiger partial charge in [0.15, 0.2) is 0 Å². The summed E-state index contributed by atoms with van der Waals surface area (Å²) in [5, 5.41) is 7.86. The molecule has 3 rings (SSSR count). The van der Waals surface area contributed by atoms with Crippen molar-refractivity contribution in [3.8, 4) is 11.3 Å². The molecule has 1 N–H and O–H groups in total. The molecule has 0 aromatic carbocycles. The Kier molecular flexibility index (Phi) is 2.99. The smallest absolute Gasteiger partial charge is 0.0954 e. The Morgan fingerprint density at radius 2 is 2.47 bits per heavy atom. The van der Waals surface area contributed by atoms with Gasteiger partial charge >= 0.3 is 0 Å². The molecule has 0 amide bonds. The van der Waals surface area contributed by atoms with E-state index >= 15 is 0 Å². The van der Waals surface area contributed by atoms with Crippen molar-refractivity contribution in [2.24, 2.45) is 0 Å². The molecule has 0 aliphatic carbocycles.